The molecule has 3 aromatic rings. The van der Waals surface area contributed by atoms with Crippen molar-refractivity contribution in [2.24, 2.45) is 5.73 Å². The van der Waals surface area contributed by atoms with Crippen molar-refractivity contribution in [2.45, 2.75) is 37.3 Å². The summed E-state index contributed by atoms with van der Waals surface area (Å²) in [6, 6.07) is 11.6. The Morgan fingerprint density at radius 1 is 1.07 bits per heavy atom. The molecule has 5 rings (SSSR count). The van der Waals surface area contributed by atoms with E-state index in [0.717, 1.165) is 17.9 Å². The number of aliphatic hydroxyl groups excluding tert-OH is 1. The average Bonchev–Trinajstić information content (AvgIpc) is 3.21. The number of nitrogens with zero attached hydrogens (tertiary/aromatic N) is 3. The molecule has 2 heterocycles. The molecule has 0 saturated heterocycles. The topological polar surface area (TPSA) is 95.4 Å². The van der Waals surface area contributed by atoms with Gasteiger partial charge in [0, 0.05) is 23.6 Å². The van der Waals surface area contributed by atoms with Crippen LogP contribution in [0.4, 0.5) is 4.39 Å². The predicted molar refractivity (Wildman–Crippen MR) is 108 cm³/mol. The first-order chi connectivity index (χ1) is 14.6. The molecule has 0 unspecified atom stereocenters. The third kappa shape index (κ3) is 3.53. The fourth-order valence-electron chi connectivity index (χ4n) is 4.12. The fraction of sp³-hybridized carbons (Fsp3) is 0.364. The Bertz CT molecular complexity index is 1070. The SMILES string of the molecule is N[C@@H]1C[C@@H](c2nc(-c3cccc(F)c3)nn2-c2ccc3c(c2)OCCO3)CC[C@H]1O. The van der Waals surface area contributed by atoms with Crippen LogP contribution in [-0.2, 0) is 0 Å². The maximum atomic E-state index is 13.8. The van der Waals surface area contributed by atoms with Crippen molar-refractivity contribution in [3.63, 3.8) is 0 Å². The highest BCUT2D eigenvalue weighted by molar-refractivity contribution is 5.56. The highest BCUT2D eigenvalue weighted by Gasteiger charge is 2.31. The molecule has 1 aliphatic carbocycles. The maximum Gasteiger partial charge on any atom is 0.181 e. The summed E-state index contributed by atoms with van der Waals surface area (Å²) in [6.45, 7) is 1.01. The third-order valence-electron chi connectivity index (χ3n) is 5.71. The molecule has 0 bridgehead atoms. The van der Waals surface area contributed by atoms with E-state index in [1.54, 1.807) is 16.8 Å². The first-order valence-electron chi connectivity index (χ1n) is 10.1. The van der Waals surface area contributed by atoms with E-state index in [1.165, 1.54) is 12.1 Å². The summed E-state index contributed by atoms with van der Waals surface area (Å²) in [5.41, 5.74) is 7.52. The molecule has 1 saturated carbocycles. The number of rotatable bonds is 3. The van der Waals surface area contributed by atoms with Crippen LogP contribution in [0.25, 0.3) is 17.1 Å². The van der Waals surface area contributed by atoms with Crippen LogP contribution in [0.1, 0.15) is 31.0 Å². The Balaban J connectivity index is 1.59. The second-order valence-corrected chi connectivity index (χ2v) is 7.78. The molecule has 1 aromatic heterocycles. The number of benzene rings is 2. The van der Waals surface area contributed by atoms with Gasteiger partial charge in [0.1, 0.15) is 24.9 Å². The summed E-state index contributed by atoms with van der Waals surface area (Å²) < 4.78 is 26.9. The average molecular weight is 410 g/mol. The Labute approximate surface area is 173 Å². The highest BCUT2D eigenvalue weighted by atomic mass is 19.1. The molecule has 0 spiro atoms. The van der Waals surface area contributed by atoms with Gasteiger partial charge in [0.25, 0.3) is 0 Å². The summed E-state index contributed by atoms with van der Waals surface area (Å²) in [6.07, 6.45) is 1.46. The molecular formula is C22H23FN4O3. The van der Waals surface area contributed by atoms with E-state index in [1.807, 2.05) is 18.2 Å². The van der Waals surface area contributed by atoms with Gasteiger partial charge in [-0.15, -0.1) is 5.10 Å². The lowest BCUT2D eigenvalue weighted by atomic mass is 9.83. The molecule has 1 fully saturated rings. The van der Waals surface area contributed by atoms with Crippen LogP contribution < -0.4 is 15.2 Å². The lowest BCUT2D eigenvalue weighted by molar-refractivity contribution is 0.0989. The summed E-state index contributed by atoms with van der Waals surface area (Å²) in [4.78, 5) is 4.77. The zero-order valence-corrected chi connectivity index (χ0v) is 16.4. The summed E-state index contributed by atoms with van der Waals surface area (Å²) in [5, 5.41) is 14.7. The first kappa shape index (κ1) is 19.0. The number of fused-ring (bicyclic) bond motifs is 1. The second-order valence-electron chi connectivity index (χ2n) is 7.78. The van der Waals surface area contributed by atoms with Crippen LogP contribution in [-0.4, -0.2) is 45.2 Å². The number of hydrogen-bond acceptors (Lipinski definition) is 6. The number of nitrogens with two attached hydrogens (primary N) is 1. The van der Waals surface area contributed by atoms with Gasteiger partial charge in [-0.05, 0) is 43.5 Å². The summed E-state index contributed by atoms with van der Waals surface area (Å²) in [5.74, 6) is 2.23. The molecule has 7 nitrogen and oxygen atoms in total. The van der Waals surface area contributed by atoms with Crippen molar-refractivity contribution in [3.8, 4) is 28.6 Å². The van der Waals surface area contributed by atoms with E-state index in [9.17, 15) is 9.50 Å². The van der Waals surface area contributed by atoms with Crippen LogP contribution in [0.5, 0.6) is 11.5 Å². The van der Waals surface area contributed by atoms with Crippen LogP contribution in [0.15, 0.2) is 42.5 Å². The monoisotopic (exact) mass is 410 g/mol. The van der Waals surface area contributed by atoms with Crippen molar-refractivity contribution in [3.05, 3.63) is 54.1 Å². The quantitative estimate of drug-likeness (QED) is 0.689. The molecule has 0 amide bonds. The number of ether oxygens (including phenoxy) is 2. The van der Waals surface area contributed by atoms with Gasteiger partial charge in [0.15, 0.2) is 17.3 Å². The summed E-state index contributed by atoms with van der Waals surface area (Å²) >= 11 is 0. The molecule has 3 N–H and O–H groups in total. The van der Waals surface area contributed by atoms with E-state index in [4.69, 9.17) is 25.3 Å². The van der Waals surface area contributed by atoms with Crippen LogP contribution >= 0.6 is 0 Å². The van der Waals surface area contributed by atoms with Gasteiger partial charge < -0.3 is 20.3 Å². The number of aromatic nitrogens is 3. The Hall–Kier alpha value is -2.97. The number of hydrogen-bond donors (Lipinski definition) is 2. The summed E-state index contributed by atoms with van der Waals surface area (Å²) in [7, 11) is 0. The first-order valence-corrected chi connectivity index (χ1v) is 10.1. The van der Waals surface area contributed by atoms with E-state index in [2.05, 4.69) is 0 Å². The molecular weight excluding hydrogens is 387 g/mol. The highest BCUT2D eigenvalue weighted by Crippen LogP contribution is 2.36. The fourth-order valence-corrected chi connectivity index (χ4v) is 4.12. The van der Waals surface area contributed by atoms with Crippen molar-refractivity contribution in [1.29, 1.82) is 0 Å². The lowest BCUT2D eigenvalue weighted by Gasteiger charge is -2.30. The lowest BCUT2D eigenvalue weighted by Crippen LogP contribution is -2.40. The van der Waals surface area contributed by atoms with Crippen LogP contribution in [0.2, 0.25) is 0 Å². The molecule has 2 aliphatic rings. The Morgan fingerprint density at radius 2 is 1.90 bits per heavy atom. The maximum absolute atomic E-state index is 13.8. The van der Waals surface area contributed by atoms with Gasteiger partial charge in [-0.3, -0.25) is 0 Å². The van der Waals surface area contributed by atoms with Gasteiger partial charge in [0.05, 0.1) is 11.8 Å². The number of halogens is 1. The molecule has 2 aromatic carbocycles. The van der Waals surface area contributed by atoms with Gasteiger partial charge in [-0.1, -0.05) is 12.1 Å². The minimum Gasteiger partial charge on any atom is -0.486 e. The molecule has 30 heavy (non-hydrogen) atoms. The van der Waals surface area contributed by atoms with Gasteiger partial charge >= 0.3 is 0 Å². The Morgan fingerprint density at radius 3 is 2.70 bits per heavy atom. The van der Waals surface area contributed by atoms with Crippen molar-refractivity contribution in [2.75, 3.05) is 13.2 Å². The molecule has 1 aliphatic heterocycles. The minimum atomic E-state index is -0.505. The normalized spacial score (nSPS) is 23.4. The van der Waals surface area contributed by atoms with Gasteiger partial charge in [0.2, 0.25) is 0 Å². The van der Waals surface area contributed by atoms with Crippen molar-refractivity contribution < 1.29 is 19.0 Å². The molecule has 3 atom stereocenters. The van der Waals surface area contributed by atoms with E-state index >= 15 is 0 Å². The van der Waals surface area contributed by atoms with Crippen molar-refractivity contribution in [1.82, 2.24) is 14.8 Å². The van der Waals surface area contributed by atoms with Gasteiger partial charge in [-0.2, -0.15) is 0 Å². The van der Waals surface area contributed by atoms with E-state index in [0.29, 0.717) is 48.9 Å². The smallest absolute Gasteiger partial charge is 0.181 e. The second kappa shape index (κ2) is 7.70. The van der Waals surface area contributed by atoms with Gasteiger partial charge in [-0.25, -0.2) is 14.1 Å². The largest absolute Gasteiger partial charge is 0.486 e. The zero-order chi connectivity index (χ0) is 20.7. The molecule has 156 valence electrons. The van der Waals surface area contributed by atoms with Crippen LogP contribution in [0, 0.1) is 5.82 Å². The third-order valence-corrected chi connectivity index (χ3v) is 5.71. The standard InChI is InChI=1S/C22H23FN4O3/c23-15-3-1-2-13(10-15)21-25-22(14-4-6-18(28)17(24)11-14)27(26-21)16-5-7-19-20(12-16)30-9-8-29-19/h1-3,5,7,10,12,14,17-18,28H,4,6,8-9,11,24H2/t14-,17+,18+/m0/s1. The number of aliphatic hydroxyl groups is 1. The molecule has 8 heteroatoms. The predicted octanol–water partition coefficient (Wildman–Crippen LogP) is 2.80. The van der Waals surface area contributed by atoms with E-state index < -0.39 is 6.10 Å². The van der Waals surface area contributed by atoms with Crippen molar-refractivity contribution >= 4 is 0 Å². The zero-order valence-electron chi connectivity index (χ0n) is 16.4. The Kier molecular flexibility index (Phi) is 4.88. The van der Waals surface area contributed by atoms with Crippen LogP contribution in [0.3, 0.4) is 0 Å². The van der Waals surface area contributed by atoms with E-state index in [-0.39, 0.29) is 17.8 Å². The molecule has 0 radical (unpaired) electrons. The minimum absolute atomic E-state index is 0.0337.